The second-order valence-electron chi connectivity index (χ2n) is 13.0. The number of halogens is 1. The zero-order valence-electron chi connectivity index (χ0n) is 30.6. The summed E-state index contributed by atoms with van der Waals surface area (Å²) in [6.45, 7) is 19.0. The number of nitrogens with zero attached hydrogens (tertiary/aromatic N) is 4. The number of piperidine rings is 1. The van der Waals surface area contributed by atoms with Gasteiger partial charge in [-0.2, -0.15) is 5.10 Å². The summed E-state index contributed by atoms with van der Waals surface area (Å²) >= 11 is 0. The summed E-state index contributed by atoms with van der Waals surface area (Å²) in [5, 5.41) is 12.8. The van der Waals surface area contributed by atoms with Crippen molar-refractivity contribution in [3.05, 3.63) is 118 Å². The maximum Gasteiger partial charge on any atom is 0.253 e. The Bertz CT molecular complexity index is 1620. The van der Waals surface area contributed by atoms with Crippen LogP contribution in [-0.4, -0.2) is 45.4 Å². The fourth-order valence-corrected chi connectivity index (χ4v) is 5.97. The third-order valence-corrected chi connectivity index (χ3v) is 9.22. The quantitative estimate of drug-likeness (QED) is 0.183. The molecule has 7 heteroatoms. The minimum atomic E-state index is -0.219. The Balaban J connectivity index is 0.000000818. The van der Waals surface area contributed by atoms with Gasteiger partial charge in [0, 0.05) is 61.3 Å². The molecule has 1 aromatic heterocycles. The van der Waals surface area contributed by atoms with Crippen molar-refractivity contribution in [3.8, 4) is 0 Å². The van der Waals surface area contributed by atoms with E-state index >= 15 is 0 Å². The lowest BCUT2D eigenvalue weighted by molar-refractivity contribution is 0.0679. The van der Waals surface area contributed by atoms with Crippen molar-refractivity contribution in [1.82, 2.24) is 14.7 Å². The van der Waals surface area contributed by atoms with Crippen LogP contribution in [0.2, 0.25) is 0 Å². The van der Waals surface area contributed by atoms with Gasteiger partial charge in [-0.25, -0.2) is 4.39 Å². The van der Waals surface area contributed by atoms with Crippen molar-refractivity contribution >= 4 is 17.3 Å². The highest BCUT2D eigenvalue weighted by Gasteiger charge is 2.31. The van der Waals surface area contributed by atoms with Crippen LogP contribution < -0.4 is 4.90 Å². The van der Waals surface area contributed by atoms with Crippen molar-refractivity contribution < 1.29 is 9.18 Å². The number of likely N-dealkylation sites (tertiary alicyclic amines) is 1. The van der Waals surface area contributed by atoms with E-state index < -0.39 is 0 Å². The number of carbonyl (C=O) groups is 1. The van der Waals surface area contributed by atoms with E-state index in [9.17, 15) is 9.18 Å². The van der Waals surface area contributed by atoms with Crippen LogP contribution in [0.4, 0.5) is 10.1 Å². The van der Waals surface area contributed by atoms with E-state index in [2.05, 4.69) is 62.8 Å². The fraction of sp³-hybridized carbons (Fsp3) is 0.439. The zero-order valence-corrected chi connectivity index (χ0v) is 30.6. The Morgan fingerprint density at radius 3 is 2.19 bits per heavy atom. The van der Waals surface area contributed by atoms with E-state index in [0.29, 0.717) is 36.8 Å². The lowest BCUT2D eigenvalue weighted by atomic mass is 9.88. The topological polar surface area (TPSA) is 65.2 Å². The molecule has 3 aromatic carbocycles. The van der Waals surface area contributed by atoms with Crippen LogP contribution in [0.25, 0.3) is 0 Å². The maximum atomic E-state index is 14.0. The lowest BCUT2D eigenvalue weighted by Gasteiger charge is -2.41. The number of para-hydroxylation sites is 1. The standard InChI is InChI=1S/C34H38FN5O.C5H12.C2H6/c1-23-8-5-6-11-32(23)40(21-26-9-7-10-30(35)19-26)25(3)27-14-16-39(17-15-27)34(41)28-12-13-31(24(2)18-28)33(36)29-20-37-38(4)22-29;1-4-5(2)3;1-2/h5-13,18-20,22,25,27,36H,14-17,21H2,1-4H3;5H,4H2,1-3H3;1-2H3. The van der Waals surface area contributed by atoms with Gasteiger partial charge < -0.3 is 9.80 Å². The third-order valence-electron chi connectivity index (χ3n) is 9.22. The van der Waals surface area contributed by atoms with Gasteiger partial charge in [0.25, 0.3) is 5.91 Å². The molecule has 48 heavy (non-hydrogen) atoms. The number of anilines is 1. The van der Waals surface area contributed by atoms with Gasteiger partial charge in [0.1, 0.15) is 5.82 Å². The molecule has 0 saturated carbocycles. The number of hydrogen-bond donors (Lipinski definition) is 1. The number of benzene rings is 3. The molecule has 4 aromatic rings. The summed E-state index contributed by atoms with van der Waals surface area (Å²) in [6, 6.07) is 21.0. The first-order valence-corrected chi connectivity index (χ1v) is 17.5. The monoisotopic (exact) mass is 653 g/mol. The molecule has 0 bridgehead atoms. The first kappa shape index (κ1) is 38.2. The molecule has 1 fully saturated rings. The second-order valence-corrected chi connectivity index (χ2v) is 13.0. The average Bonchev–Trinajstić information content (AvgIpc) is 3.54. The number of amides is 1. The van der Waals surface area contributed by atoms with Crippen LogP contribution in [-0.2, 0) is 13.6 Å². The molecule has 1 N–H and O–H groups in total. The van der Waals surface area contributed by atoms with Crippen LogP contribution in [0.1, 0.15) is 99.0 Å². The number of hydrogen-bond acceptors (Lipinski definition) is 4. The van der Waals surface area contributed by atoms with Crippen LogP contribution in [0, 0.1) is 36.9 Å². The highest BCUT2D eigenvalue weighted by atomic mass is 19.1. The number of nitrogens with one attached hydrogen (secondary N) is 1. The fourth-order valence-electron chi connectivity index (χ4n) is 5.97. The lowest BCUT2D eigenvalue weighted by Crippen LogP contribution is -2.46. The molecule has 0 radical (unpaired) electrons. The number of aromatic nitrogens is 2. The van der Waals surface area contributed by atoms with Crippen molar-refractivity contribution in [1.29, 1.82) is 5.41 Å². The molecule has 1 amide bonds. The summed E-state index contributed by atoms with van der Waals surface area (Å²) in [6.07, 6.45) is 6.62. The zero-order chi connectivity index (χ0) is 35.4. The van der Waals surface area contributed by atoms with E-state index in [1.807, 2.05) is 69.2 Å². The van der Waals surface area contributed by atoms with Crippen LogP contribution in [0.15, 0.2) is 79.1 Å². The summed E-state index contributed by atoms with van der Waals surface area (Å²) in [5.74, 6) is 1.10. The average molecular weight is 654 g/mol. The molecule has 1 saturated heterocycles. The second kappa shape index (κ2) is 18.3. The predicted molar refractivity (Wildman–Crippen MR) is 199 cm³/mol. The van der Waals surface area contributed by atoms with Gasteiger partial charge in [-0.3, -0.25) is 14.9 Å². The Kier molecular flexibility index (Phi) is 14.6. The SMILES string of the molecule is CC.CCC(C)C.Cc1cc(C(=O)N2CCC(C(C)N(Cc3cccc(F)c3)c3ccccc3C)CC2)ccc1C(=N)c1cnn(C)c1. The Hall–Kier alpha value is -4.26. The van der Waals surface area contributed by atoms with Crippen LogP contribution in [0.3, 0.4) is 0 Å². The van der Waals surface area contributed by atoms with E-state index in [1.54, 1.807) is 23.0 Å². The largest absolute Gasteiger partial charge is 0.364 e. The molecule has 5 rings (SSSR count). The number of aryl methyl sites for hydroxylation is 3. The van der Waals surface area contributed by atoms with Gasteiger partial charge >= 0.3 is 0 Å². The highest BCUT2D eigenvalue weighted by molar-refractivity contribution is 6.12. The maximum absolute atomic E-state index is 14.0. The van der Waals surface area contributed by atoms with Gasteiger partial charge in [-0.1, -0.05) is 77.4 Å². The van der Waals surface area contributed by atoms with Gasteiger partial charge in [0.2, 0.25) is 0 Å². The van der Waals surface area contributed by atoms with Gasteiger partial charge in [-0.05, 0) is 92.5 Å². The molecular formula is C41H56FN5O. The molecule has 1 aliphatic rings. The van der Waals surface area contributed by atoms with Gasteiger partial charge in [0.05, 0.1) is 11.9 Å². The van der Waals surface area contributed by atoms with Gasteiger partial charge in [0.15, 0.2) is 0 Å². The number of rotatable bonds is 9. The highest BCUT2D eigenvalue weighted by Crippen LogP contribution is 2.32. The Labute approximate surface area is 288 Å². The van der Waals surface area contributed by atoms with E-state index in [-0.39, 0.29) is 17.8 Å². The minimum absolute atomic E-state index is 0.0363. The minimum Gasteiger partial charge on any atom is -0.364 e. The molecule has 0 aliphatic carbocycles. The van der Waals surface area contributed by atoms with E-state index in [4.69, 9.17) is 5.41 Å². The molecule has 258 valence electrons. The molecule has 1 unspecified atom stereocenters. The first-order valence-electron chi connectivity index (χ1n) is 17.5. The van der Waals surface area contributed by atoms with Crippen LogP contribution in [0.5, 0.6) is 0 Å². The molecule has 0 spiro atoms. The predicted octanol–water partition coefficient (Wildman–Crippen LogP) is 9.62. The summed E-state index contributed by atoms with van der Waals surface area (Å²) in [5.41, 5.74) is 6.82. The Morgan fingerprint density at radius 2 is 1.62 bits per heavy atom. The molecule has 6 nitrogen and oxygen atoms in total. The Morgan fingerprint density at radius 1 is 0.958 bits per heavy atom. The van der Waals surface area contributed by atoms with E-state index in [0.717, 1.165) is 46.7 Å². The van der Waals surface area contributed by atoms with Crippen molar-refractivity contribution in [2.75, 3.05) is 18.0 Å². The molecule has 1 aliphatic heterocycles. The summed E-state index contributed by atoms with van der Waals surface area (Å²) in [7, 11) is 1.83. The van der Waals surface area contributed by atoms with Crippen molar-refractivity contribution in [2.45, 2.75) is 87.2 Å². The van der Waals surface area contributed by atoms with E-state index in [1.165, 1.54) is 18.1 Å². The molecule has 1 atom stereocenters. The number of carbonyl (C=O) groups excluding carboxylic acids is 1. The van der Waals surface area contributed by atoms with Crippen molar-refractivity contribution in [2.24, 2.45) is 18.9 Å². The molecular weight excluding hydrogens is 597 g/mol. The van der Waals surface area contributed by atoms with Crippen LogP contribution >= 0.6 is 0 Å². The summed E-state index contributed by atoms with van der Waals surface area (Å²) < 4.78 is 15.7. The summed E-state index contributed by atoms with van der Waals surface area (Å²) in [4.78, 5) is 17.8. The smallest absolute Gasteiger partial charge is 0.253 e. The molecule has 2 heterocycles. The first-order chi connectivity index (χ1) is 23.0. The third kappa shape index (κ3) is 10.1. The van der Waals surface area contributed by atoms with Crippen molar-refractivity contribution in [3.63, 3.8) is 0 Å². The van der Waals surface area contributed by atoms with Gasteiger partial charge in [-0.15, -0.1) is 0 Å². The normalized spacial score (nSPS) is 13.6.